The van der Waals surface area contributed by atoms with E-state index in [1.807, 2.05) is 20.8 Å². The highest BCUT2D eigenvalue weighted by Crippen LogP contribution is 2.11. The van der Waals surface area contributed by atoms with Gasteiger partial charge in [0.25, 0.3) is 0 Å². The van der Waals surface area contributed by atoms with Gasteiger partial charge in [0.1, 0.15) is 42.3 Å². The Hall–Kier alpha value is -5.08. The maximum atomic E-state index is 14.0. The van der Waals surface area contributed by atoms with Crippen LogP contribution in [-0.2, 0) is 38.4 Å². The Kier molecular flexibility index (Phi) is 31.6. The number of rotatable bonds is 35. The van der Waals surface area contributed by atoms with Gasteiger partial charge in [-0.05, 0) is 76.2 Å². The zero-order valence-corrected chi connectivity index (χ0v) is 41.3. The van der Waals surface area contributed by atoms with Crippen molar-refractivity contribution < 1.29 is 43.5 Å². The Labute approximate surface area is 404 Å². The van der Waals surface area contributed by atoms with E-state index in [1.54, 1.807) is 13.8 Å². The van der Waals surface area contributed by atoms with Crippen LogP contribution in [0.15, 0.2) is 9.98 Å². The van der Waals surface area contributed by atoms with Gasteiger partial charge < -0.3 is 76.7 Å². The van der Waals surface area contributed by atoms with Crippen LogP contribution < -0.4 is 71.6 Å². The molecule has 0 rings (SSSR count). The molecule has 0 bridgehead atoms. The molecule has 0 saturated heterocycles. The topological polar surface area (TPSA) is 422 Å². The van der Waals surface area contributed by atoms with Crippen LogP contribution in [0.1, 0.15) is 105 Å². The molecular formula is C41H79N15O9S2. The van der Waals surface area contributed by atoms with Gasteiger partial charge in [-0.15, -0.1) is 0 Å². The van der Waals surface area contributed by atoms with Crippen LogP contribution in [0.4, 0.5) is 0 Å². The minimum absolute atomic E-state index is 0.0181. The molecule has 0 aliphatic heterocycles. The molecule has 0 heterocycles. The van der Waals surface area contributed by atoms with E-state index in [0.29, 0.717) is 25.7 Å². The number of unbranched alkanes of at least 4 members (excludes halogenated alkanes) is 2. The van der Waals surface area contributed by atoms with E-state index in [9.17, 15) is 43.5 Å². The van der Waals surface area contributed by atoms with Crippen LogP contribution in [0.3, 0.4) is 0 Å². The van der Waals surface area contributed by atoms with Crippen molar-refractivity contribution >= 4 is 84.5 Å². The van der Waals surface area contributed by atoms with E-state index in [0.717, 1.165) is 0 Å². The fourth-order valence-corrected chi connectivity index (χ4v) is 6.78. The second kappa shape index (κ2) is 34.2. The molecule has 20 N–H and O–H groups in total. The first-order chi connectivity index (χ1) is 31.5. The predicted octanol–water partition coefficient (Wildman–Crippen LogP) is -3.22. The summed E-state index contributed by atoms with van der Waals surface area (Å²) in [5.41, 5.74) is 33.6. The van der Waals surface area contributed by atoms with Gasteiger partial charge in [0, 0.05) is 24.6 Å². The van der Waals surface area contributed by atoms with E-state index in [-0.39, 0.29) is 99.8 Å². The molecule has 7 amide bonds. The Morgan fingerprint density at radius 2 is 0.851 bits per heavy atom. The molecule has 0 radical (unpaired) electrons. The summed E-state index contributed by atoms with van der Waals surface area (Å²) in [5.74, 6) is -7.56. The first-order valence-electron chi connectivity index (χ1n) is 22.7. The molecule has 384 valence electrons. The van der Waals surface area contributed by atoms with Crippen LogP contribution >= 0.6 is 25.3 Å². The van der Waals surface area contributed by atoms with Gasteiger partial charge in [0.15, 0.2) is 11.9 Å². The molecule has 0 spiro atoms. The molecule has 0 aliphatic rings. The molecule has 0 unspecified atom stereocenters. The molecule has 0 saturated carbocycles. The maximum absolute atomic E-state index is 14.0. The molecule has 0 aliphatic carbocycles. The Bertz CT molecular complexity index is 1650. The number of carbonyl (C=O) groups excluding carboxylic acids is 7. The van der Waals surface area contributed by atoms with Crippen molar-refractivity contribution in [3.63, 3.8) is 0 Å². The van der Waals surface area contributed by atoms with Crippen LogP contribution in [0, 0.1) is 11.8 Å². The van der Waals surface area contributed by atoms with Crippen molar-refractivity contribution in [3.05, 3.63) is 0 Å². The third-order valence-electron chi connectivity index (χ3n) is 10.2. The SMILES string of the molecule is CCCC[C@H](NC(=O)[C@H](CCCCN)NC(=O)[C@H](CS)NC(=O)[C@H](CCCN=C(N)N)NC(=O)[C@H](CCCN=C(N)N)NC(=O)[C@@H](N)C(C)C)C(=O)N[C@@H](CC(C)C)C(=O)N[C@@H](CS)C(=O)O. The van der Waals surface area contributed by atoms with Crippen LogP contribution in [0.5, 0.6) is 0 Å². The maximum Gasteiger partial charge on any atom is 0.327 e. The largest absolute Gasteiger partial charge is 0.480 e. The summed E-state index contributed by atoms with van der Waals surface area (Å²) < 4.78 is 0. The summed E-state index contributed by atoms with van der Waals surface area (Å²) in [5, 5.41) is 27.8. The Morgan fingerprint density at radius 1 is 0.507 bits per heavy atom. The second-order valence-corrected chi connectivity index (χ2v) is 17.6. The molecule has 26 heteroatoms. The minimum atomic E-state index is -1.35. The van der Waals surface area contributed by atoms with Crippen molar-refractivity contribution in [2.75, 3.05) is 31.1 Å². The molecule has 0 fully saturated rings. The highest BCUT2D eigenvalue weighted by atomic mass is 32.1. The number of nitrogens with two attached hydrogens (primary N) is 6. The average molecular weight is 990 g/mol. The van der Waals surface area contributed by atoms with Gasteiger partial charge in [-0.1, -0.05) is 47.5 Å². The Morgan fingerprint density at radius 3 is 1.21 bits per heavy atom. The number of aliphatic carboxylic acids is 1. The number of guanidine groups is 2. The number of hydrogen-bond donors (Lipinski definition) is 16. The number of hydrogen-bond acceptors (Lipinski definition) is 14. The summed E-state index contributed by atoms with van der Waals surface area (Å²) in [7, 11) is 0. The summed E-state index contributed by atoms with van der Waals surface area (Å²) in [6, 6.07) is -9.58. The number of nitrogens with one attached hydrogen (secondary N) is 7. The lowest BCUT2D eigenvalue weighted by molar-refractivity contribution is -0.141. The first-order valence-corrected chi connectivity index (χ1v) is 23.9. The van der Waals surface area contributed by atoms with E-state index in [4.69, 9.17) is 34.4 Å². The molecule has 67 heavy (non-hydrogen) atoms. The zero-order valence-electron chi connectivity index (χ0n) is 39.6. The molecule has 24 nitrogen and oxygen atoms in total. The van der Waals surface area contributed by atoms with Crippen molar-refractivity contribution in [1.29, 1.82) is 0 Å². The lowest BCUT2D eigenvalue weighted by Crippen LogP contribution is -2.60. The van der Waals surface area contributed by atoms with E-state index >= 15 is 0 Å². The van der Waals surface area contributed by atoms with Crippen molar-refractivity contribution in [2.45, 2.75) is 154 Å². The van der Waals surface area contributed by atoms with Crippen LogP contribution in [-0.4, -0.2) is 144 Å². The fraction of sp³-hybridized carbons (Fsp3) is 0.756. The number of carbonyl (C=O) groups is 8. The third kappa shape index (κ3) is 26.2. The van der Waals surface area contributed by atoms with Gasteiger partial charge in [-0.2, -0.15) is 25.3 Å². The average Bonchev–Trinajstić information content (AvgIpc) is 3.26. The summed E-state index contributed by atoms with van der Waals surface area (Å²) >= 11 is 8.29. The second-order valence-electron chi connectivity index (χ2n) is 16.9. The first kappa shape index (κ1) is 61.9. The van der Waals surface area contributed by atoms with Gasteiger partial charge in [-0.25, -0.2) is 4.79 Å². The molecule has 0 aromatic rings. The fourth-order valence-electron chi connectivity index (χ4n) is 6.27. The smallest absolute Gasteiger partial charge is 0.327 e. The van der Waals surface area contributed by atoms with Gasteiger partial charge >= 0.3 is 5.97 Å². The van der Waals surface area contributed by atoms with Crippen LogP contribution in [0.25, 0.3) is 0 Å². The molecule has 8 atom stereocenters. The van der Waals surface area contributed by atoms with E-state index in [1.165, 1.54) is 0 Å². The highest BCUT2D eigenvalue weighted by Gasteiger charge is 2.34. The molecular weight excluding hydrogens is 911 g/mol. The monoisotopic (exact) mass is 990 g/mol. The van der Waals surface area contributed by atoms with Crippen LogP contribution in [0.2, 0.25) is 0 Å². The number of amides is 7. The van der Waals surface area contributed by atoms with Crippen molar-refractivity contribution in [1.82, 2.24) is 37.2 Å². The molecule has 0 aromatic carbocycles. The number of carboxylic acid groups (broad SMARTS) is 1. The normalized spacial score (nSPS) is 14.7. The van der Waals surface area contributed by atoms with Crippen molar-refractivity contribution in [2.24, 2.45) is 56.2 Å². The van der Waals surface area contributed by atoms with Gasteiger partial charge in [-0.3, -0.25) is 43.5 Å². The highest BCUT2D eigenvalue weighted by molar-refractivity contribution is 7.80. The van der Waals surface area contributed by atoms with Gasteiger partial charge in [0.05, 0.1) is 6.04 Å². The summed E-state index contributed by atoms with van der Waals surface area (Å²) in [6.45, 7) is 9.51. The third-order valence-corrected chi connectivity index (χ3v) is 10.9. The standard InChI is InChI=1S/C41H79N15O9S2/c1-6-7-12-24(34(59)54-28(19-22(2)3)36(61)56-30(21-67)39(64)65)50-32(57)25(13-8-9-16-42)52-37(62)29(20-66)55-35(60)26(14-10-17-48-40(44)45)51-33(58)27(15-11-18-49-41(46)47)53-38(63)31(43)23(4)5/h22-31,66-67H,6-21,42-43H2,1-5H3,(H,50,57)(H,51,58)(H,52,62)(H,53,63)(H,54,59)(H,55,60)(H,56,61)(H,64,65)(H4,44,45,48)(H4,46,47,49)/t24-,25-,26-,27-,28-,29-,30-,31-/m0/s1. The molecule has 0 aromatic heterocycles. The summed E-state index contributed by atoms with van der Waals surface area (Å²) in [6.07, 6.45) is 2.95. The number of aliphatic imine (C=N–C) groups is 2. The lowest BCUT2D eigenvalue weighted by atomic mass is 10.0. The number of thiol groups is 2. The Balaban J connectivity index is 6.55. The number of nitrogens with zero attached hydrogens (tertiary/aromatic N) is 2. The minimum Gasteiger partial charge on any atom is -0.480 e. The zero-order chi connectivity index (χ0) is 51.2. The lowest BCUT2D eigenvalue weighted by Gasteiger charge is -2.28. The van der Waals surface area contributed by atoms with E-state index in [2.05, 4.69) is 72.5 Å². The predicted molar refractivity (Wildman–Crippen MR) is 263 cm³/mol. The quantitative estimate of drug-likeness (QED) is 0.0129. The summed E-state index contributed by atoms with van der Waals surface area (Å²) in [4.78, 5) is 115. The van der Waals surface area contributed by atoms with Gasteiger partial charge in [0.2, 0.25) is 41.4 Å². The number of carboxylic acids is 1. The van der Waals surface area contributed by atoms with E-state index < -0.39 is 95.7 Å². The van der Waals surface area contributed by atoms with Crippen molar-refractivity contribution in [3.8, 4) is 0 Å².